The Morgan fingerprint density at radius 3 is 2.31 bits per heavy atom. The van der Waals surface area contributed by atoms with E-state index in [1.54, 1.807) is 34.6 Å². The lowest BCUT2D eigenvalue weighted by atomic mass is 10.0. The van der Waals surface area contributed by atoms with Gasteiger partial charge in [-0.2, -0.15) is 0 Å². The number of alkyl carbamates (subject to hydrolysis) is 1. The molecule has 0 aromatic rings. The van der Waals surface area contributed by atoms with Crippen molar-refractivity contribution in [3.63, 3.8) is 0 Å². The lowest BCUT2D eigenvalue weighted by Crippen LogP contribution is -2.57. The summed E-state index contributed by atoms with van der Waals surface area (Å²) in [7, 11) is 0. The molecule has 12 heteroatoms. The highest BCUT2D eigenvalue weighted by Gasteiger charge is 2.36. The van der Waals surface area contributed by atoms with Gasteiger partial charge in [-0.05, 0) is 58.8 Å². The molecule has 0 unspecified atom stereocenters. The molecular formula is C23H41N5O7. The van der Waals surface area contributed by atoms with Gasteiger partial charge in [-0.15, -0.1) is 0 Å². The van der Waals surface area contributed by atoms with Gasteiger partial charge >= 0.3 is 12.1 Å². The highest BCUT2D eigenvalue weighted by Crippen LogP contribution is 2.18. The van der Waals surface area contributed by atoms with Gasteiger partial charge in [0.25, 0.3) is 0 Å². The van der Waals surface area contributed by atoms with E-state index in [-0.39, 0.29) is 24.8 Å². The molecule has 0 saturated carbocycles. The maximum absolute atomic E-state index is 12.9. The molecule has 0 aromatic carbocycles. The first kappa shape index (κ1) is 30.1. The Hall–Kier alpha value is -2.89. The molecule has 1 rings (SSSR count). The average Bonchev–Trinajstić information content (AvgIpc) is 3.24. The van der Waals surface area contributed by atoms with Crippen LogP contribution in [0.1, 0.15) is 66.7 Å². The minimum Gasteiger partial charge on any atom is -0.480 e. The summed E-state index contributed by atoms with van der Waals surface area (Å²) in [6, 6.07) is -2.81. The van der Waals surface area contributed by atoms with Gasteiger partial charge < -0.3 is 36.4 Å². The second kappa shape index (κ2) is 13.9. The molecule has 1 aliphatic rings. The fourth-order valence-electron chi connectivity index (χ4n) is 3.74. The van der Waals surface area contributed by atoms with Crippen LogP contribution in [0, 0.1) is 5.92 Å². The zero-order chi connectivity index (χ0) is 26.8. The van der Waals surface area contributed by atoms with Gasteiger partial charge in [0.1, 0.15) is 23.7 Å². The Morgan fingerprint density at radius 1 is 1.11 bits per heavy atom. The number of carboxylic acids is 1. The number of nitrogens with two attached hydrogens (primary N) is 1. The number of unbranched alkanes of at least 4 members (excludes halogenated alkanes) is 1. The van der Waals surface area contributed by atoms with Crippen molar-refractivity contribution >= 4 is 29.8 Å². The zero-order valence-corrected chi connectivity index (χ0v) is 21.4. The van der Waals surface area contributed by atoms with Crippen LogP contribution in [-0.4, -0.2) is 83.2 Å². The van der Waals surface area contributed by atoms with E-state index in [1.165, 1.54) is 4.90 Å². The van der Waals surface area contributed by atoms with E-state index >= 15 is 0 Å². The zero-order valence-electron chi connectivity index (χ0n) is 21.4. The van der Waals surface area contributed by atoms with E-state index in [4.69, 9.17) is 10.5 Å². The highest BCUT2D eigenvalue weighted by atomic mass is 16.6. The van der Waals surface area contributed by atoms with Crippen LogP contribution in [0.2, 0.25) is 0 Å². The van der Waals surface area contributed by atoms with E-state index in [9.17, 15) is 29.1 Å². The van der Waals surface area contributed by atoms with Gasteiger partial charge in [-0.3, -0.25) is 14.4 Å². The Bertz CT molecular complexity index is 766. The first-order valence-corrected chi connectivity index (χ1v) is 12.1. The van der Waals surface area contributed by atoms with Crippen molar-refractivity contribution in [2.24, 2.45) is 11.7 Å². The number of carbonyl (C=O) groups is 5. The van der Waals surface area contributed by atoms with Crippen LogP contribution in [0.25, 0.3) is 0 Å². The Balaban J connectivity index is 2.62. The predicted octanol–water partition coefficient (Wildman–Crippen LogP) is 0.341. The number of rotatable bonds is 12. The van der Waals surface area contributed by atoms with Crippen molar-refractivity contribution in [1.82, 2.24) is 20.9 Å². The molecule has 1 saturated heterocycles. The largest absolute Gasteiger partial charge is 0.480 e. The number of carboxylic acid groups (broad SMARTS) is 1. The Kier molecular flexibility index (Phi) is 11.9. The van der Waals surface area contributed by atoms with Crippen LogP contribution >= 0.6 is 0 Å². The lowest BCUT2D eigenvalue weighted by Gasteiger charge is -2.28. The number of aliphatic carboxylic acids is 1. The summed E-state index contributed by atoms with van der Waals surface area (Å²) in [6.45, 7) is 9.26. The van der Waals surface area contributed by atoms with E-state index < -0.39 is 47.6 Å². The molecule has 0 bridgehead atoms. The second-order valence-corrected chi connectivity index (χ2v) is 10.0. The second-order valence-electron chi connectivity index (χ2n) is 10.0. The summed E-state index contributed by atoms with van der Waals surface area (Å²) < 4.78 is 5.14. The topological polar surface area (TPSA) is 180 Å². The molecule has 200 valence electrons. The van der Waals surface area contributed by atoms with Crippen molar-refractivity contribution in [3.8, 4) is 0 Å². The molecular weight excluding hydrogens is 458 g/mol. The molecule has 6 N–H and O–H groups in total. The molecule has 1 aliphatic heterocycles. The summed E-state index contributed by atoms with van der Waals surface area (Å²) in [5, 5.41) is 17.3. The molecule has 3 atom stereocenters. The first-order chi connectivity index (χ1) is 16.3. The molecule has 4 amide bonds. The van der Waals surface area contributed by atoms with Crippen LogP contribution in [-0.2, 0) is 23.9 Å². The molecule has 1 fully saturated rings. The van der Waals surface area contributed by atoms with Crippen molar-refractivity contribution in [3.05, 3.63) is 0 Å². The SMILES string of the molecule is CC(C)[C@H](NC(=O)[C@@H]1CCCN1C(=O)CN)C(=O)N[C@@H](CCCCNC(=O)OC(C)(C)C)C(=O)O. The third-order valence-electron chi connectivity index (χ3n) is 5.50. The molecule has 35 heavy (non-hydrogen) atoms. The van der Waals surface area contributed by atoms with Crippen molar-refractivity contribution < 1.29 is 33.8 Å². The average molecular weight is 500 g/mol. The normalized spacial score (nSPS) is 17.5. The van der Waals surface area contributed by atoms with Crippen molar-refractivity contribution in [2.45, 2.75) is 90.4 Å². The van der Waals surface area contributed by atoms with Crippen molar-refractivity contribution in [2.75, 3.05) is 19.6 Å². The van der Waals surface area contributed by atoms with Gasteiger partial charge in [-0.25, -0.2) is 9.59 Å². The van der Waals surface area contributed by atoms with Crippen LogP contribution in [0.4, 0.5) is 4.79 Å². The van der Waals surface area contributed by atoms with Gasteiger partial charge in [0.2, 0.25) is 17.7 Å². The third kappa shape index (κ3) is 10.5. The number of hydrogen-bond donors (Lipinski definition) is 5. The van der Waals surface area contributed by atoms with Crippen LogP contribution < -0.4 is 21.7 Å². The summed E-state index contributed by atoms with van der Waals surface area (Å²) >= 11 is 0. The Labute approximate surface area is 206 Å². The number of likely N-dealkylation sites (tertiary alicyclic amines) is 1. The molecule has 0 aromatic heterocycles. The quantitative estimate of drug-likeness (QED) is 0.238. The predicted molar refractivity (Wildman–Crippen MR) is 128 cm³/mol. The van der Waals surface area contributed by atoms with Gasteiger partial charge in [0, 0.05) is 13.1 Å². The van der Waals surface area contributed by atoms with Crippen LogP contribution in [0.5, 0.6) is 0 Å². The molecule has 12 nitrogen and oxygen atoms in total. The molecule has 0 spiro atoms. The van der Waals surface area contributed by atoms with Crippen LogP contribution in [0.3, 0.4) is 0 Å². The van der Waals surface area contributed by atoms with Crippen molar-refractivity contribution in [1.29, 1.82) is 0 Å². The molecule has 0 aliphatic carbocycles. The summed E-state index contributed by atoms with van der Waals surface area (Å²) in [6.07, 6.45) is 1.66. The first-order valence-electron chi connectivity index (χ1n) is 12.1. The number of nitrogens with zero attached hydrogens (tertiary/aromatic N) is 1. The number of amides is 4. The number of carbonyl (C=O) groups excluding carboxylic acids is 4. The maximum Gasteiger partial charge on any atom is 0.407 e. The summed E-state index contributed by atoms with van der Waals surface area (Å²) in [4.78, 5) is 62.4. The molecule has 0 radical (unpaired) electrons. The summed E-state index contributed by atoms with van der Waals surface area (Å²) in [5.74, 6) is -2.91. The van der Waals surface area contributed by atoms with E-state index in [2.05, 4.69) is 16.0 Å². The van der Waals surface area contributed by atoms with Crippen LogP contribution in [0.15, 0.2) is 0 Å². The van der Waals surface area contributed by atoms with Gasteiger partial charge in [0.05, 0.1) is 6.54 Å². The monoisotopic (exact) mass is 499 g/mol. The number of hydrogen-bond acceptors (Lipinski definition) is 7. The molecule has 1 heterocycles. The van der Waals surface area contributed by atoms with E-state index in [0.717, 1.165) is 0 Å². The third-order valence-corrected chi connectivity index (χ3v) is 5.50. The van der Waals surface area contributed by atoms with Gasteiger partial charge in [-0.1, -0.05) is 13.8 Å². The minimum atomic E-state index is -1.19. The van der Waals surface area contributed by atoms with E-state index in [1.807, 2.05) is 0 Å². The van der Waals surface area contributed by atoms with E-state index in [0.29, 0.717) is 38.8 Å². The standard InChI is InChI=1S/C23H41N5O7/c1-14(2)18(27-19(30)16-10-8-12-28(16)17(29)13-24)20(31)26-15(21(32)33)9-6-7-11-25-22(34)35-23(3,4)5/h14-16,18H,6-13,24H2,1-5H3,(H,25,34)(H,26,31)(H,27,30)(H,32,33)/t15-,16-,18-/m0/s1. The minimum absolute atomic E-state index is 0.150. The lowest BCUT2D eigenvalue weighted by molar-refractivity contribution is -0.143. The highest BCUT2D eigenvalue weighted by molar-refractivity contribution is 5.94. The maximum atomic E-state index is 12.9. The number of nitrogens with one attached hydrogen (secondary N) is 3. The number of ether oxygens (including phenoxy) is 1. The smallest absolute Gasteiger partial charge is 0.407 e. The van der Waals surface area contributed by atoms with Gasteiger partial charge in [0.15, 0.2) is 0 Å². The fourth-order valence-corrected chi connectivity index (χ4v) is 3.74. The summed E-state index contributed by atoms with van der Waals surface area (Å²) in [5.41, 5.74) is 4.81. The fraction of sp³-hybridized carbons (Fsp3) is 0.783. The Morgan fingerprint density at radius 2 is 1.77 bits per heavy atom.